The van der Waals surface area contributed by atoms with Crippen molar-refractivity contribution in [2.75, 3.05) is 26.7 Å². The standard InChI is InChI=1S/C17H24N2O4/c1-22-16-13(14-8-11(9-19-14)17(20)21)5-2-6-15(16)23-12-4-3-7-18-10-12/h2,5-6,11-12,14,18-19H,3-4,7-10H2,1H3,(H,20,21). The van der Waals surface area contributed by atoms with Crippen molar-refractivity contribution in [1.29, 1.82) is 0 Å². The maximum atomic E-state index is 11.2. The predicted molar refractivity (Wildman–Crippen MR) is 86.0 cm³/mol. The molecule has 2 aliphatic rings. The van der Waals surface area contributed by atoms with Crippen LogP contribution in [0.2, 0.25) is 0 Å². The van der Waals surface area contributed by atoms with Gasteiger partial charge >= 0.3 is 5.97 Å². The molecule has 0 radical (unpaired) electrons. The molecule has 0 spiro atoms. The molecule has 2 aliphatic heterocycles. The van der Waals surface area contributed by atoms with Crippen molar-refractivity contribution in [2.24, 2.45) is 5.92 Å². The van der Waals surface area contributed by atoms with Gasteiger partial charge in [-0.1, -0.05) is 12.1 Å². The molecule has 1 aromatic rings. The van der Waals surface area contributed by atoms with E-state index in [0.717, 1.165) is 37.2 Å². The maximum absolute atomic E-state index is 11.2. The van der Waals surface area contributed by atoms with Crippen molar-refractivity contribution >= 4 is 5.97 Å². The Labute approximate surface area is 136 Å². The van der Waals surface area contributed by atoms with Gasteiger partial charge in [0.25, 0.3) is 0 Å². The number of ether oxygens (including phenoxy) is 2. The van der Waals surface area contributed by atoms with Crippen molar-refractivity contribution in [3.05, 3.63) is 23.8 Å². The number of hydrogen-bond acceptors (Lipinski definition) is 5. The van der Waals surface area contributed by atoms with Crippen molar-refractivity contribution < 1.29 is 19.4 Å². The molecular formula is C17H24N2O4. The van der Waals surface area contributed by atoms with E-state index in [9.17, 15) is 9.90 Å². The Hall–Kier alpha value is -1.79. The van der Waals surface area contributed by atoms with Gasteiger partial charge in [0.1, 0.15) is 6.10 Å². The lowest BCUT2D eigenvalue weighted by Gasteiger charge is -2.26. The van der Waals surface area contributed by atoms with Crippen molar-refractivity contribution in [3.8, 4) is 11.5 Å². The van der Waals surface area contributed by atoms with Gasteiger partial charge in [-0.2, -0.15) is 0 Å². The van der Waals surface area contributed by atoms with Crippen LogP contribution in [0.15, 0.2) is 18.2 Å². The van der Waals surface area contributed by atoms with E-state index in [1.54, 1.807) is 7.11 Å². The van der Waals surface area contributed by atoms with Crippen LogP contribution in [-0.2, 0) is 4.79 Å². The zero-order valence-corrected chi connectivity index (χ0v) is 13.4. The van der Waals surface area contributed by atoms with Crippen LogP contribution in [0.5, 0.6) is 11.5 Å². The molecular weight excluding hydrogens is 296 g/mol. The van der Waals surface area contributed by atoms with Crippen LogP contribution in [-0.4, -0.2) is 43.9 Å². The average molecular weight is 320 g/mol. The first kappa shape index (κ1) is 16.1. The molecule has 2 fully saturated rings. The Balaban J connectivity index is 1.78. The van der Waals surface area contributed by atoms with Gasteiger partial charge < -0.3 is 25.2 Å². The molecule has 3 atom stereocenters. The number of carboxylic acid groups (broad SMARTS) is 1. The molecule has 6 heteroatoms. The number of carboxylic acids is 1. The monoisotopic (exact) mass is 320 g/mol. The first-order chi connectivity index (χ1) is 11.2. The number of piperidine rings is 1. The van der Waals surface area contributed by atoms with Crippen molar-refractivity contribution in [2.45, 2.75) is 31.4 Å². The SMILES string of the molecule is COc1c(OC2CCCNC2)cccc1C1CC(C(=O)O)CN1. The van der Waals surface area contributed by atoms with Gasteiger partial charge in [-0.15, -0.1) is 0 Å². The molecule has 23 heavy (non-hydrogen) atoms. The summed E-state index contributed by atoms with van der Waals surface area (Å²) >= 11 is 0. The number of hydrogen-bond donors (Lipinski definition) is 3. The summed E-state index contributed by atoms with van der Waals surface area (Å²) in [5.74, 6) is 0.345. The Morgan fingerprint density at radius 3 is 2.87 bits per heavy atom. The van der Waals surface area contributed by atoms with E-state index < -0.39 is 5.97 Å². The maximum Gasteiger partial charge on any atom is 0.307 e. The van der Waals surface area contributed by atoms with E-state index in [1.807, 2.05) is 18.2 Å². The van der Waals surface area contributed by atoms with Crippen molar-refractivity contribution in [1.82, 2.24) is 10.6 Å². The van der Waals surface area contributed by atoms with E-state index in [1.165, 1.54) is 0 Å². The third kappa shape index (κ3) is 3.59. The molecule has 3 unspecified atom stereocenters. The highest BCUT2D eigenvalue weighted by Crippen LogP contribution is 2.39. The smallest absolute Gasteiger partial charge is 0.307 e. The topological polar surface area (TPSA) is 79.8 Å². The van der Waals surface area contributed by atoms with Gasteiger partial charge in [0.2, 0.25) is 0 Å². The van der Waals surface area contributed by atoms with Crippen LogP contribution in [0.4, 0.5) is 0 Å². The summed E-state index contributed by atoms with van der Waals surface area (Å²) in [4.78, 5) is 11.2. The molecule has 0 aliphatic carbocycles. The Morgan fingerprint density at radius 1 is 1.35 bits per heavy atom. The second-order valence-electron chi connectivity index (χ2n) is 6.20. The van der Waals surface area contributed by atoms with Gasteiger partial charge in [-0.05, 0) is 31.9 Å². The Kier molecular flexibility index (Phi) is 5.03. The molecule has 2 heterocycles. The number of benzene rings is 1. The number of rotatable bonds is 5. The minimum Gasteiger partial charge on any atom is -0.493 e. The fraction of sp³-hybridized carbons (Fsp3) is 0.588. The van der Waals surface area contributed by atoms with Gasteiger partial charge in [-0.3, -0.25) is 4.79 Å². The van der Waals surface area contributed by atoms with Crippen LogP contribution in [0.3, 0.4) is 0 Å². The zero-order chi connectivity index (χ0) is 16.2. The lowest BCUT2D eigenvalue weighted by atomic mass is 9.99. The van der Waals surface area contributed by atoms with Gasteiger partial charge in [-0.25, -0.2) is 0 Å². The number of nitrogens with one attached hydrogen (secondary N) is 2. The number of carbonyl (C=O) groups is 1. The molecule has 0 bridgehead atoms. The Morgan fingerprint density at radius 2 is 2.22 bits per heavy atom. The predicted octanol–water partition coefficient (Wildman–Crippen LogP) is 1.56. The van der Waals surface area contributed by atoms with Crippen LogP contribution in [0.1, 0.15) is 30.9 Å². The second-order valence-corrected chi connectivity index (χ2v) is 6.20. The zero-order valence-electron chi connectivity index (χ0n) is 13.4. The number of methoxy groups -OCH3 is 1. The quantitative estimate of drug-likeness (QED) is 0.764. The first-order valence-electron chi connectivity index (χ1n) is 8.19. The molecule has 126 valence electrons. The first-order valence-corrected chi connectivity index (χ1v) is 8.19. The highest BCUT2D eigenvalue weighted by Gasteiger charge is 2.32. The summed E-state index contributed by atoms with van der Waals surface area (Å²) in [6.45, 7) is 2.37. The minimum absolute atomic E-state index is 0.0147. The van der Waals surface area contributed by atoms with Crippen molar-refractivity contribution in [3.63, 3.8) is 0 Å². The molecule has 0 amide bonds. The van der Waals surface area contributed by atoms with E-state index in [0.29, 0.717) is 18.7 Å². The highest BCUT2D eigenvalue weighted by molar-refractivity contribution is 5.71. The highest BCUT2D eigenvalue weighted by atomic mass is 16.5. The summed E-state index contributed by atoms with van der Waals surface area (Å²) in [6.07, 6.45) is 2.86. The third-order valence-corrected chi connectivity index (χ3v) is 4.61. The number of para-hydroxylation sites is 1. The molecule has 2 saturated heterocycles. The molecule has 0 aromatic heterocycles. The average Bonchev–Trinajstić information content (AvgIpc) is 3.06. The largest absolute Gasteiger partial charge is 0.493 e. The van der Waals surface area contributed by atoms with Gasteiger partial charge in [0.05, 0.1) is 13.0 Å². The lowest BCUT2D eigenvalue weighted by Crippen LogP contribution is -2.37. The van der Waals surface area contributed by atoms with Crippen LogP contribution in [0, 0.1) is 5.92 Å². The summed E-state index contributed by atoms with van der Waals surface area (Å²) in [7, 11) is 1.63. The second kappa shape index (κ2) is 7.19. The fourth-order valence-corrected chi connectivity index (χ4v) is 3.38. The molecule has 3 rings (SSSR count). The van der Waals surface area contributed by atoms with Crippen LogP contribution in [0.25, 0.3) is 0 Å². The van der Waals surface area contributed by atoms with E-state index in [2.05, 4.69) is 10.6 Å². The summed E-state index contributed by atoms with van der Waals surface area (Å²) in [5, 5.41) is 15.8. The summed E-state index contributed by atoms with van der Waals surface area (Å²) in [6, 6.07) is 5.83. The summed E-state index contributed by atoms with van der Waals surface area (Å²) < 4.78 is 11.7. The molecule has 0 saturated carbocycles. The molecule has 3 N–H and O–H groups in total. The number of aliphatic carboxylic acids is 1. The van der Waals surface area contributed by atoms with E-state index in [-0.39, 0.29) is 18.1 Å². The Bertz CT molecular complexity index is 558. The van der Waals surface area contributed by atoms with E-state index >= 15 is 0 Å². The minimum atomic E-state index is -0.750. The lowest BCUT2D eigenvalue weighted by molar-refractivity contribution is -0.141. The van der Waals surface area contributed by atoms with Crippen LogP contribution < -0.4 is 20.1 Å². The van der Waals surface area contributed by atoms with Gasteiger partial charge in [0.15, 0.2) is 11.5 Å². The molecule has 1 aromatic carbocycles. The molecule has 6 nitrogen and oxygen atoms in total. The third-order valence-electron chi connectivity index (χ3n) is 4.61. The summed E-state index contributed by atoms with van der Waals surface area (Å²) in [5.41, 5.74) is 0.970. The fourth-order valence-electron chi connectivity index (χ4n) is 3.38. The normalized spacial score (nSPS) is 27.6. The van der Waals surface area contributed by atoms with E-state index in [4.69, 9.17) is 9.47 Å². The van der Waals surface area contributed by atoms with Gasteiger partial charge in [0, 0.05) is 24.7 Å². The van der Waals surface area contributed by atoms with Crippen LogP contribution >= 0.6 is 0 Å².